The highest BCUT2D eigenvalue weighted by Crippen LogP contribution is 2.38. The molecule has 16 heavy (non-hydrogen) atoms. The number of hydrogen-bond donors (Lipinski definition) is 1. The van der Waals surface area contributed by atoms with Crippen molar-refractivity contribution in [1.29, 1.82) is 0 Å². The van der Waals surface area contributed by atoms with Gasteiger partial charge in [-0.15, -0.1) is 11.3 Å². The fourth-order valence-electron chi connectivity index (χ4n) is 2.30. The average molecular weight is 259 g/mol. The van der Waals surface area contributed by atoms with E-state index in [9.17, 15) is 0 Å². The molecule has 0 bridgehead atoms. The zero-order valence-electron chi connectivity index (χ0n) is 9.82. The second-order valence-corrected chi connectivity index (χ2v) is 6.25. The van der Waals surface area contributed by atoms with Gasteiger partial charge in [-0.05, 0) is 38.4 Å². The van der Waals surface area contributed by atoms with Crippen molar-refractivity contribution in [1.82, 2.24) is 4.90 Å². The molecule has 0 aliphatic heterocycles. The zero-order valence-corrected chi connectivity index (χ0v) is 11.4. The minimum Gasteiger partial charge on any atom is -0.326 e. The SMILES string of the molecule is CCN(C1CC1)C(c1ccc(Cl)s1)C(C)N. The quantitative estimate of drug-likeness (QED) is 0.878. The first-order valence-electron chi connectivity index (χ1n) is 5.90. The van der Waals surface area contributed by atoms with E-state index in [4.69, 9.17) is 17.3 Å². The summed E-state index contributed by atoms with van der Waals surface area (Å²) in [5, 5.41) is 0. The Bertz CT molecular complexity index is 347. The number of hydrogen-bond acceptors (Lipinski definition) is 3. The van der Waals surface area contributed by atoms with E-state index in [1.807, 2.05) is 6.07 Å². The molecule has 2 nitrogen and oxygen atoms in total. The van der Waals surface area contributed by atoms with Crippen LogP contribution in [0.3, 0.4) is 0 Å². The van der Waals surface area contributed by atoms with Crippen molar-refractivity contribution in [3.8, 4) is 0 Å². The molecule has 0 radical (unpaired) electrons. The van der Waals surface area contributed by atoms with E-state index in [2.05, 4.69) is 24.8 Å². The van der Waals surface area contributed by atoms with Gasteiger partial charge in [0.2, 0.25) is 0 Å². The monoisotopic (exact) mass is 258 g/mol. The number of nitrogens with two attached hydrogens (primary N) is 1. The van der Waals surface area contributed by atoms with Gasteiger partial charge in [0.1, 0.15) is 0 Å². The average Bonchev–Trinajstić information content (AvgIpc) is 2.98. The van der Waals surface area contributed by atoms with E-state index in [0.717, 1.165) is 16.9 Å². The lowest BCUT2D eigenvalue weighted by Crippen LogP contribution is -2.40. The van der Waals surface area contributed by atoms with E-state index < -0.39 is 0 Å². The van der Waals surface area contributed by atoms with Crippen LogP contribution in [-0.4, -0.2) is 23.5 Å². The van der Waals surface area contributed by atoms with E-state index in [1.54, 1.807) is 11.3 Å². The second kappa shape index (κ2) is 5.05. The van der Waals surface area contributed by atoms with Gasteiger partial charge < -0.3 is 5.73 Å². The summed E-state index contributed by atoms with van der Waals surface area (Å²) in [5.74, 6) is 0. The molecule has 2 rings (SSSR count). The second-order valence-electron chi connectivity index (χ2n) is 4.51. The first-order valence-corrected chi connectivity index (χ1v) is 7.09. The van der Waals surface area contributed by atoms with E-state index in [1.165, 1.54) is 17.7 Å². The predicted octanol–water partition coefficient (Wildman–Crippen LogP) is 3.27. The first-order chi connectivity index (χ1) is 7.63. The number of nitrogens with zero attached hydrogens (tertiary/aromatic N) is 1. The molecule has 1 heterocycles. The van der Waals surface area contributed by atoms with Crippen molar-refractivity contribution in [2.24, 2.45) is 5.73 Å². The summed E-state index contributed by atoms with van der Waals surface area (Å²) in [6.07, 6.45) is 2.63. The fraction of sp³-hybridized carbons (Fsp3) is 0.667. The van der Waals surface area contributed by atoms with E-state index in [-0.39, 0.29) is 6.04 Å². The van der Waals surface area contributed by atoms with E-state index >= 15 is 0 Å². The molecule has 1 aromatic heterocycles. The smallest absolute Gasteiger partial charge is 0.0931 e. The minimum absolute atomic E-state index is 0.148. The molecule has 0 saturated heterocycles. The Morgan fingerprint density at radius 1 is 1.56 bits per heavy atom. The molecule has 2 unspecified atom stereocenters. The van der Waals surface area contributed by atoms with Gasteiger partial charge >= 0.3 is 0 Å². The van der Waals surface area contributed by atoms with Gasteiger partial charge in [0.15, 0.2) is 0 Å². The van der Waals surface area contributed by atoms with Crippen LogP contribution < -0.4 is 5.73 Å². The predicted molar refractivity (Wildman–Crippen MR) is 71.1 cm³/mol. The van der Waals surface area contributed by atoms with Gasteiger partial charge in [0.05, 0.1) is 10.4 Å². The largest absolute Gasteiger partial charge is 0.326 e. The third kappa shape index (κ3) is 2.59. The first kappa shape index (κ1) is 12.4. The Morgan fingerprint density at radius 2 is 2.25 bits per heavy atom. The lowest BCUT2D eigenvalue weighted by atomic mass is 10.1. The molecule has 90 valence electrons. The molecule has 2 N–H and O–H groups in total. The molecule has 1 fully saturated rings. The van der Waals surface area contributed by atoms with Crippen molar-refractivity contribution in [2.75, 3.05) is 6.54 Å². The summed E-state index contributed by atoms with van der Waals surface area (Å²) in [7, 11) is 0. The van der Waals surface area contributed by atoms with Crippen LogP contribution in [0.25, 0.3) is 0 Å². The van der Waals surface area contributed by atoms with Crippen LogP contribution in [0.4, 0.5) is 0 Å². The summed E-state index contributed by atoms with van der Waals surface area (Å²) >= 11 is 7.67. The lowest BCUT2D eigenvalue weighted by Gasteiger charge is -2.32. The van der Waals surface area contributed by atoms with Crippen LogP contribution in [0, 0.1) is 0 Å². The van der Waals surface area contributed by atoms with Gasteiger partial charge in [-0.3, -0.25) is 4.90 Å². The third-order valence-electron chi connectivity index (χ3n) is 3.12. The molecule has 1 saturated carbocycles. The minimum atomic E-state index is 0.148. The Morgan fingerprint density at radius 3 is 2.62 bits per heavy atom. The molecule has 0 spiro atoms. The molecule has 0 amide bonds. The van der Waals surface area contributed by atoms with Gasteiger partial charge in [-0.25, -0.2) is 0 Å². The summed E-state index contributed by atoms with van der Waals surface area (Å²) in [6.45, 7) is 5.36. The summed E-state index contributed by atoms with van der Waals surface area (Å²) in [6, 6.07) is 5.30. The third-order valence-corrected chi connectivity index (χ3v) is 4.42. The highest BCUT2D eigenvalue weighted by atomic mass is 35.5. The lowest BCUT2D eigenvalue weighted by molar-refractivity contribution is 0.179. The maximum atomic E-state index is 6.14. The molecule has 1 aliphatic rings. The van der Waals surface area contributed by atoms with Crippen molar-refractivity contribution in [3.05, 3.63) is 21.3 Å². The Balaban J connectivity index is 2.21. The zero-order chi connectivity index (χ0) is 11.7. The molecule has 1 aromatic rings. The molecule has 4 heteroatoms. The van der Waals surface area contributed by atoms with Crippen LogP contribution >= 0.6 is 22.9 Å². The summed E-state index contributed by atoms with van der Waals surface area (Å²) in [4.78, 5) is 3.82. The topological polar surface area (TPSA) is 29.3 Å². The maximum absolute atomic E-state index is 6.14. The van der Waals surface area contributed by atoms with E-state index in [0.29, 0.717) is 6.04 Å². The Hall–Kier alpha value is -0.0900. The van der Waals surface area contributed by atoms with Gasteiger partial charge in [-0.1, -0.05) is 18.5 Å². The van der Waals surface area contributed by atoms with Crippen molar-refractivity contribution in [2.45, 2.75) is 44.8 Å². The van der Waals surface area contributed by atoms with Gasteiger partial charge in [-0.2, -0.15) is 0 Å². The Labute approximate surface area is 106 Å². The van der Waals surface area contributed by atoms with Gasteiger partial charge in [0.25, 0.3) is 0 Å². The molecule has 2 atom stereocenters. The molecule has 1 aliphatic carbocycles. The van der Waals surface area contributed by atoms with Crippen molar-refractivity contribution >= 4 is 22.9 Å². The van der Waals surface area contributed by atoms with Crippen LogP contribution in [0.2, 0.25) is 4.34 Å². The standard InChI is InChI=1S/C12H19ClN2S/c1-3-15(9-4-5-9)12(8(2)14)10-6-7-11(13)16-10/h6-9,12H,3-5,14H2,1-2H3. The number of likely N-dealkylation sites (N-methyl/N-ethyl adjacent to an activating group) is 1. The molecular formula is C12H19ClN2S. The van der Waals surface area contributed by atoms with Crippen LogP contribution in [0.15, 0.2) is 12.1 Å². The number of rotatable bonds is 5. The van der Waals surface area contributed by atoms with Crippen molar-refractivity contribution < 1.29 is 0 Å². The Kier molecular flexibility index (Phi) is 3.90. The molecule has 0 aromatic carbocycles. The fourth-order valence-corrected chi connectivity index (χ4v) is 3.60. The number of halogens is 1. The van der Waals surface area contributed by atoms with Crippen LogP contribution in [0.1, 0.15) is 37.6 Å². The van der Waals surface area contributed by atoms with Gasteiger partial charge in [0, 0.05) is 17.0 Å². The number of thiophene rings is 1. The summed E-state index contributed by atoms with van der Waals surface area (Å²) in [5.41, 5.74) is 6.14. The highest BCUT2D eigenvalue weighted by molar-refractivity contribution is 7.16. The highest BCUT2D eigenvalue weighted by Gasteiger charge is 2.35. The summed E-state index contributed by atoms with van der Waals surface area (Å²) < 4.78 is 0.854. The van der Waals surface area contributed by atoms with Crippen LogP contribution in [-0.2, 0) is 0 Å². The molecular weight excluding hydrogens is 240 g/mol. The van der Waals surface area contributed by atoms with Crippen molar-refractivity contribution in [3.63, 3.8) is 0 Å². The maximum Gasteiger partial charge on any atom is 0.0931 e. The van der Waals surface area contributed by atoms with Crippen LogP contribution in [0.5, 0.6) is 0 Å². The normalized spacial score (nSPS) is 20.1.